The number of nitrogens with zero attached hydrogens (tertiary/aromatic N) is 4. The van der Waals surface area contributed by atoms with E-state index in [4.69, 9.17) is 13.9 Å². The average molecular weight is 498 g/mol. The number of fused-ring (bicyclic) bond motifs is 1. The minimum atomic E-state index is -2.15. The van der Waals surface area contributed by atoms with Crippen molar-refractivity contribution >= 4 is 31.2 Å². The number of aromatic nitrogens is 4. The number of methoxy groups -OCH3 is 1. The fourth-order valence-corrected chi connectivity index (χ4v) is 5.37. The molecule has 3 aromatic rings. The molecule has 10 heteroatoms. The van der Waals surface area contributed by atoms with Crippen molar-refractivity contribution in [3.63, 3.8) is 0 Å². The van der Waals surface area contributed by atoms with E-state index >= 15 is 0 Å². The molecule has 4 rings (SSSR count). The van der Waals surface area contributed by atoms with Gasteiger partial charge in [-0.3, -0.25) is 9.36 Å². The van der Waals surface area contributed by atoms with Gasteiger partial charge in [-0.05, 0) is 36.7 Å². The van der Waals surface area contributed by atoms with Gasteiger partial charge in [0.05, 0.1) is 12.4 Å². The summed E-state index contributed by atoms with van der Waals surface area (Å²) in [5.74, 6) is 0.0831. The number of hydrogen-bond acceptors (Lipinski definition) is 7. The van der Waals surface area contributed by atoms with Crippen LogP contribution in [-0.2, 0) is 13.9 Å². The highest BCUT2D eigenvalue weighted by Gasteiger charge is 2.51. The number of carbonyl (C=O) groups is 1. The van der Waals surface area contributed by atoms with Gasteiger partial charge in [-0.1, -0.05) is 45.9 Å². The molecule has 1 aromatic carbocycles. The maximum Gasteiger partial charge on any atom is 0.256 e. The van der Waals surface area contributed by atoms with Gasteiger partial charge >= 0.3 is 0 Å². The van der Waals surface area contributed by atoms with E-state index in [9.17, 15) is 4.79 Å². The van der Waals surface area contributed by atoms with Crippen LogP contribution in [0.15, 0.2) is 43.0 Å². The molecule has 1 amide bonds. The van der Waals surface area contributed by atoms with Gasteiger partial charge in [-0.2, -0.15) is 0 Å². The zero-order chi connectivity index (χ0) is 25.4. The molecule has 35 heavy (non-hydrogen) atoms. The third-order valence-corrected chi connectivity index (χ3v) is 11.6. The van der Waals surface area contributed by atoms with Crippen molar-refractivity contribution in [1.29, 1.82) is 0 Å². The number of imidazole rings is 1. The van der Waals surface area contributed by atoms with Crippen LogP contribution in [0.5, 0.6) is 0 Å². The number of hydrogen-bond donors (Lipinski definition) is 1. The van der Waals surface area contributed by atoms with E-state index in [1.807, 2.05) is 22.8 Å². The van der Waals surface area contributed by atoms with E-state index in [0.29, 0.717) is 22.5 Å². The van der Waals surface area contributed by atoms with Crippen LogP contribution in [0.4, 0.5) is 5.82 Å². The zero-order valence-corrected chi connectivity index (χ0v) is 22.5. The van der Waals surface area contributed by atoms with Gasteiger partial charge in [-0.25, -0.2) is 15.0 Å². The van der Waals surface area contributed by atoms with Crippen LogP contribution in [0.2, 0.25) is 18.1 Å². The molecule has 1 aliphatic heterocycles. The molecule has 1 fully saturated rings. The molecule has 1 saturated heterocycles. The second-order valence-electron chi connectivity index (χ2n) is 10.4. The Balaban J connectivity index is 1.70. The number of amides is 1. The van der Waals surface area contributed by atoms with Gasteiger partial charge in [0, 0.05) is 12.7 Å². The maximum atomic E-state index is 12.7. The van der Waals surface area contributed by atoms with Gasteiger partial charge in [0.2, 0.25) is 0 Å². The van der Waals surface area contributed by atoms with Gasteiger partial charge in [0.25, 0.3) is 5.91 Å². The van der Waals surface area contributed by atoms with Crippen molar-refractivity contribution < 1.29 is 18.7 Å². The quantitative estimate of drug-likeness (QED) is 0.468. The highest BCUT2D eigenvalue weighted by Crippen LogP contribution is 2.43. The first-order valence-corrected chi connectivity index (χ1v) is 14.9. The highest BCUT2D eigenvalue weighted by atomic mass is 28.4. The van der Waals surface area contributed by atoms with Crippen LogP contribution in [-0.4, -0.2) is 59.2 Å². The van der Waals surface area contributed by atoms with E-state index < -0.39 is 14.5 Å². The maximum absolute atomic E-state index is 12.7. The number of nitrogens with one attached hydrogen (secondary N) is 1. The summed E-state index contributed by atoms with van der Waals surface area (Å²) in [5, 5.41) is 2.88. The summed E-state index contributed by atoms with van der Waals surface area (Å²) < 4.78 is 21.1. The monoisotopic (exact) mass is 497 g/mol. The van der Waals surface area contributed by atoms with Crippen LogP contribution in [0.25, 0.3) is 11.2 Å². The molecule has 0 saturated carbocycles. The van der Waals surface area contributed by atoms with Gasteiger partial charge in [0.15, 0.2) is 31.5 Å². The van der Waals surface area contributed by atoms with Crippen LogP contribution in [0.3, 0.4) is 0 Å². The fourth-order valence-electron chi connectivity index (χ4n) is 4.09. The third kappa shape index (κ3) is 4.88. The SMILES string of the molecule is CC[C@H]1O[C@@H](n2cnc3c(NC(=O)c4ccccc4)ncnc32)[C@H](O[Si](C)(C)C(C)(C)C)[C@@H]1OC. The number of ether oxygens (including phenoxy) is 2. The van der Waals surface area contributed by atoms with E-state index in [1.165, 1.54) is 6.33 Å². The molecule has 0 spiro atoms. The second kappa shape index (κ2) is 9.77. The van der Waals surface area contributed by atoms with Gasteiger partial charge in [0.1, 0.15) is 18.5 Å². The molecule has 0 radical (unpaired) electrons. The Morgan fingerprint density at radius 3 is 2.49 bits per heavy atom. The standard InChI is InChI=1S/C25H35N5O4Si/c1-8-17-19(32-5)20(34-35(6,7)25(2,3)4)24(33-17)30-15-28-18-21(26-14-27-22(18)30)29-23(31)16-12-10-9-11-13-16/h9-15,17,19-20,24H,8H2,1-7H3,(H,26,27,29,31)/t17-,19-,20-,24-/m1/s1. The van der Waals surface area contributed by atoms with Crippen molar-refractivity contribution in [2.24, 2.45) is 0 Å². The minimum absolute atomic E-state index is 0.0220. The normalized spacial score (nSPS) is 23.1. The highest BCUT2D eigenvalue weighted by molar-refractivity contribution is 6.74. The lowest BCUT2D eigenvalue weighted by molar-refractivity contribution is -0.0332. The first-order chi connectivity index (χ1) is 16.6. The Morgan fingerprint density at radius 2 is 1.86 bits per heavy atom. The summed E-state index contributed by atoms with van der Waals surface area (Å²) in [4.78, 5) is 26.0. The predicted molar refractivity (Wildman–Crippen MR) is 137 cm³/mol. The summed E-state index contributed by atoms with van der Waals surface area (Å²) in [5.41, 5.74) is 1.58. The lowest BCUT2D eigenvalue weighted by Gasteiger charge is -2.40. The van der Waals surface area contributed by atoms with Crippen molar-refractivity contribution in [2.75, 3.05) is 12.4 Å². The summed E-state index contributed by atoms with van der Waals surface area (Å²) in [7, 11) is -0.445. The van der Waals surface area contributed by atoms with Gasteiger partial charge < -0.3 is 19.2 Å². The van der Waals surface area contributed by atoms with E-state index in [1.54, 1.807) is 25.6 Å². The third-order valence-electron chi connectivity index (χ3n) is 7.10. The lowest BCUT2D eigenvalue weighted by Crippen LogP contribution is -2.49. The fraction of sp³-hybridized carbons (Fsp3) is 0.520. The predicted octanol–water partition coefficient (Wildman–Crippen LogP) is 4.79. The summed E-state index contributed by atoms with van der Waals surface area (Å²) in [6, 6.07) is 8.99. The minimum Gasteiger partial charge on any atom is -0.407 e. The number of carbonyl (C=O) groups excluding carboxylic acids is 1. The molecule has 188 valence electrons. The van der Waals surface area contributed by atoms with E-state index in [-0.39, 0.29) is 29.3 Å². The van der Waals surface area contributed by atoms with Crippen molar-refractivity contribution in [3.8, 4) is 0 Å². The Bertz CT molecular complexity index is 1180. The smallest absolute Gasteiger partial charge is 0.256 e. The molecule has 0 aliphatic carbocycles. The molecular weight excluding hydrogens is 462 g/mol. The van der Waals surface area contributed by atoms with Crippen molar-refractivity contribution in [3.05, 3.63) is 48.5 Å². The average Bonchev–Trinajstić information content (AvgIpc) is 3.40. The van der Waals surface area contributed by atoms with Crippen LogP contribution >= 0.6 is 0 Å². The molecule has 4 atom stereocenters. The van der Waals surface area contributed by atoms with E-state index in [0.717, 1.165) is 6.42 Å². The number of benzene rings is 1. The molecule has 9 nitrogen and oxygen atoms in total. The van der Waals surface area contributed by atoms with E-state index in [2.05, 4.69) is 61.1 Å². The molecule has 1 N–H and O–H groups in total. The van der Waals surface area contributed by atoms with Crippen LogP contribution in [0, 0.1) is 0 Å². The largest absolute Gasteiger partial charge is 0.407 e. The molecule has 0 bridgehead atoms. The topological polar surface area (TPSA) is 100 Å². The summed E-state index contributed by atoms with van der Waals surface area (Å²) in [6.07, 6.45) is 2.72. The second-order valence-corrected chi connectivity index (χ2v) is 15.1. The molecular formula is C25H35N5O4Si. The molecule has 2 aromatic heterocycles. The Hall–Kier alpha value is -2.66. The van der Waals surface area contributed by atoms with Crippen LogP contribution < -0.4 is 5.32 Å². The summed E-state index contributed by atoms with van der Waals surface area (Å²) in [6.45, 7) is 13.2. The summed E-state index contributed by atoms with van der Waals surface area (Å²) >= 11 is 0. The Labute approximate surface area is 207 Å². The lowest BCUT2D eigenvalue weighted by atomic mass is 10.1. The van der Waals surface area contributed by atoms with Gasteiger partial charge in [-0.15, -0.1) is 0 Å². The Kier molecular flexibility index (Phi) is 7.10. The molecule has 0 unspecified atom stereocenters. The van der Waals surface area contributed by atoms with Crippen LogP contribution in [0.1, 0.15) is 50.7 Å². The number of anilines is 1. The zero-order valence-electron chi connectivity index (χ0n) is 21.5. The first-order valence-electron chi connectivity index (χ1n) is 12.0. The molecule has 1 aliphatic rings. The Morgan fingerprint density at radius 1 is 1.14 bits per heavy atom. The van der Waals surface area contributed by atoms with Crippen molar-refractivity contribution in [2.45, 2.75) is 76.8 Å². The first kappa shape index (κ1) is 25.4. The van der Waals surface area contributed by atoms with Crippen molar-refractivity contribution in [1.82, 2.24) is 19.5 Å². The number of rotatable bonds is 7. The molecule has 3 heterocycles.